The third-order valence-electron chi connectivity index (χ3n) is 1.55. The SMILES string of the molecule is CC(=O)[C@@H](C)NC(=O)CCC(=O)O. The van der Waals surface area contributed by atoms with E-state index < -0.39 is 17.9 Å². The number of hydrogen-bond acceptors (Lipinski definition) is 3. The van der Waals surface area contributed by atoms with Crippen molar-refractivity contribution >= 4 is 17.7 Å². The van der Waals surface area contributed by atoms with Crippen LogP contribution in [0, 0.1) is 0 Å². The van der Waals surface area contributed by atoms with Gasteiger partial charge in [0.15, 0.2) is 5.78 Å². The van der Waals surface area contributed by atoms with Gasteiger partial charge in [0.05, 0.1) is 12.5 Å². The van der Waals surface area contributed by atoms with E-state index in [9.17, 15) is 14.4 Å². The van der Waals surface area contributed by atoms with E-state index in [2.05, 4.69) is 5.32 Å². The number of Topliss-reactive ketones (excluding diaryl/α,β-unsaturated/α-hetero) is 1. The van der Waals surface area contributed by atoms with Gasteiger partial charge in [-0.05, 0) is 13.8 Å². The highest BCUT2D eigenvalue weighted by molar-refractivity contribution is 5.88. The molecule has 1 atom stereocenters. The molecule has 0 aliphatic heterocycles. The fourth-order valence-corrected chi connectivity index (χ4v) is 0.636. The highest BCUT2D eigenvalue weighted by Gasteiger charge is 2.11. The van der Waals surface area contributed by atoms with Gasteiger partial charge in [0, 0.05) is 6.42 Å². The van der Waals surface area contributed by atoms with E-state index in [0.29, 0.717) is 0 Å². The van der Waals surface area contributed by atoms with Crippen LogP contribution in [0.4, 0.5) is 0 Å². The molecule has 0 heterocycles. The predicted octanol–water partition coefficient (Wildman–Crippen LogP) is -0.0551. The van der Waals surface area contributed by atoms with Crippen LogP contribution in [-0.2, 0) is 14.4 Å². The van der Waals surface area contributed by atoms with Gasteiger partial charge < -0.3 is 10.4 Å². The van der Waals surface area contributed by atoms with Crippen molar-refractivity contribution in [3.8, 4) is 0 Å². The Morgan fingerprint density at radius 2 is 1.85 bits per heavy atom. The second-order valence-corrected chi connectivity index (χ2v) is 2.79. The molecule has 0 aromatic rings. The van der Waals surface area contributed by atoms with Gasteiger partial charge in [-0.15, -0.1) is 0 Å². The summed E-state index contributed by atoms with van der Waals surface area (Å²) in [5.41, 5.74) is 0. The van der Waals surface area contributed by atoms with Crippen molar-refractivity contribution in [2.75, 3.05) is 0 Å². The average molecular weight is 187 g/mol. The Balaban J connectivity index is 3.74. The van der Waals surface area contributed by atoms with Crippen LogP contribution in [-0.4, -0.2) is 28.8 Å². The van der Waals surface area contributed by atoms with Gasteiger partial charge in [0.1, 0.15) is 0 Å². The number of amides is 1. The molecule has 74 valence electrons. The molecule has 0 saturated heterocycles. The van der Waals surface area contributed by atoms with E-state index in [-0.39, 0.29) is 18.6 Å². The van der Waals surface area contributed by atoms with Gasteiger partial charge in [0.2, 0.25) is 5.91 Å². The van der Waals surface area contributed by atoms with Crippen molar-refractivity contribution < 1.29 is 19.5 Å². The predicted molar refractivity (Wildman–Crippen MR) is 45.2 cm³/mol. The van der Waals surface area contributed by atoms with Crippen LogP contribution >= 0.6 is 0 Å². The van der Waals surface area contributed by atoms with Crippen molar-refractivity contribution in [2.45, 2.75) is 32.7 Å². The van der Waals surface area contributed by atoms with Gasteiger partial charge in [-0.1, -0.05) is 0 Å². The molecule has 2 N–H and O–H groups in total. The lowest BCUT2D eigenvalue weighted by Gasteiger charge is -2.09. The molecular formula is C8H13NO4. The molecule has 0 saturated carbocycles. The second-order valence-electron chi connectivity index (χ2n) is 2.79. The summed E-state index contributed by atoms with van der Waals surface area (Å²) in [6.07, 6.45) is -0.302. The maximum atomic E-state index is 10.9. The molecule has 0 rings (SSSR count). The lowest BCUT2D eigenvalue weighted by molar-refractivity contribution is -0.139. The maximum absolute atomic E-state index is 10.9. The van der Waals surface area contributed by atoms with Crippen LogP contribution in [0.1, 0.15) is 26.7 Å². The number of carbonyl (C=O) groups excluding carboxylic acids is 2. The summed E-state index contributed by atoms with van der Waals surface area (Å²) in [6.45, 7) is 2.92. The molecule has 0 unspecified atom stereocenters. The Kier molecular flexibility index (Phi) is 4.72. The average Bonchev–Trinajstić information content (AvgIpc) is 2.00. The van der Waals surface area contributed by atoms with Crippen molar-refractivity contribution in [3.63, 3.8) is 0 Å². The summed E-state index contributed by atoms with van der Waals surface area (Å²) in [5.74, 6) is -1.58. The van der Waals surface area contributed by atoms with E-state index >= 15 is 0 Å². The monoisotopic (exact) mass is 187 g/mol. The van der Waals surface area contributed by atoms with Crippen LogP contribution in [0.2, 0.25) is 0 Å². The van der Waals surface area contributed by atoms with Crippen LogP contribution in [0.5, 0.6) is 0 Å². The Labute approximate surface area is 76.1 Å². The number of ketones is 1. The highest BCUT2D eigenvalue weighted by atomic mass is 16.4. The summed E-state index contributed by atoms with van der Waals surface area (Å²) in [7, 11) is 0. The third-order valence-corrected chi connectivity index (χ3v) is 1.55. The number of carboxylic acid groups (broad SMARTS) is 1. The lowest BCUT2D eigenvalue weighted by atomic mass is 10.2. The molecule has 5 nitrogen and oxygen atoms in total. The number of carboxylic acids is 1. The van der Waals surface area contributed by atoms with E-state index in [0.717, 1.165) is 0 Å². The van der Waals surface area contributed by atoms with E-state index in [1.165, 1.54) is 6.92 Å². The number of carbonyl (C=O) groups is 3. The lowest BCUT2D eigenvalue weighted by Crippen LogP contribution is -2.37. The zero-order chi connectivity index (χ0) is 10.4. The third kappa shape index (κ3) is 5.84. The first kappa shape index (κ1) is 11.6. The Morgan fingerprint density at radius 1 is 1.31 bits per heavy atom. The molecule has 0 aromatic heterocycles. The van der Waals surface area contributed by atoms with Crippen LogP contribution in [0.3, 0.4) is 0 Å². The first-order valence-corrected chi connectivity index (χ1v) is 3.95. The molecule has 0 spiro atoms. The number of hydrogen-bond donors (Lipinski definition) is 2. The molecule has 13 heavy (non-hydrogen) atoms. The molecule has 0 aliphatic carbocycles. The van der Waals surface area contributed by atoms with E-state index in [4.69, 9.17) is 5.11 Å². The summed E-state index contributed by atoms with van der Waals surface area (Å²) in [6, 6.07) is -0.540. The second kappa shape index (κ2) is 5.29. The molecule has 1 amide bonds. The quantitative estimate of drug-likeness (QED) is 0.631. The van der Waals surface area contributed by atoms with Gasteiger partial charge >= 0.3 is 5.97 Å². The minimum absolute atomic E-state index is 0.0903. The van der Waals surface area contributed by atoms with E-state index in [1.807, 2.05) is 0 Å². The molecule has 0 radical (unpaired) electrons. The fourth-order valence-electron chi connectivity index (χ4n) is 0.636. The topological polar surface area (TPSA) is 83.5 Å². The minimum Gasteiger partial charge on any atom is -0.481 e. The minimum atomic E-state index is -1.02. The zero-order valence-corrected chi connectivity index (χ0v) is 7.66. The van der Waals surface area contributed by atoms with Gasteiger partial charge in [-0.25, -0.2) is 0 Å². The smallest absolute Gasteiger partial charge is 0.303 e. The first-order valence-electron chi connectivity index (χ1n) is 3.95. The largest absolute Gasteiger partial charge is 0.481 e. The summed E-state index contributed by atoms with van der Waals surface area (Å²) >= 11 is 0. The van der Waals surface area contributed by atoms with Crippen LogP contribution < -0.4 is 5.32 Å². The summed E-state index contributed by atoms with van der Waals surface area (Å²) < 4.78 is 0. The van der Waals surface area contributed by atoms with E-state index in [1.54, 1.807) is 6.92 Å². The van der Waals surface area contributed by atoms with Crippen LogP contribution in [0.15, 0.2) is 0 Å². The van der Waals surface area contributed by atoms with Crippen LogP contribution in [0.25, 0.3) is 0 Å². The molecule has 0 bridgehead atoms. The zero-order valence-electron chi connectivity index (χ0n) is 7.66. The maximum Gasteiger partial charge on any atom is 0.303 e. The molecular weight excluding hydrogens is 174 g/mol. The van der Waals surface area contributed by atoms with Crippen molar-refractivity contribution in [1.29, 1.82) is 0 Å². The Morgan fingerprint density at radius 3 is 2.23 bits per heavy atom. The highest BCUT2D eigenvalue weighted by Crippen LogP contribution is 1.91. The molecule has 0 fully saturated rings. The van der Waals surface area contributed by atoms with Gasteiger partial charge in [-0.2, -0.15) is 0 Å². The van der Waals surface area contributed by atoms with Gasteiger partial charge in [0.25, 0.3) is 0 Å². The van der Waals surface area contributed by atoms with Gasteiger partial charge in [-0.3, -0.25) is 14.4 Å². The molecule has 5 heteroatoms. The number of rotatable bonds is 5. The van der Waals surface area contributed by atoms with Crippen molar-refractivity contribution in [1.82, 2.24) is 5.32 Å². The fraction of sp³-hybridized carbons (Fsp3) is 0.625. The normalized spacial score (nSPS) is 11.8. The Hall–Kier alpha value is -1.39. The van der Waals surface area contributed by atoms with Crippen molar-refractivity contribution in [3.05, 3.63) is 0 Å². The number of aliphatic carboxylic acids is 1. The first-order chi connectivity index (χ1) is 5.93. The Bertz CT molecular complexity index is 224. The molecule has 0 aromatic carbocycles. The molecule has 0 aliphatic rings. The summed E-state index contributed by atoms with van der Waals surface area (Å²) in [5, 5.41) is 10.6. The summed E-state index contributed by atoms with van der Waals surface area (Å²) in [4.78, 5) is 31.7. The number of nitrogens with one attached hydrogen (secondary N) is 1. The standard InChI is InChI=1S/C8H13NO4/c1-5(6(2)10)9-7(11)3-4-8(12)13/h5H,3-4H2,1-2H3,(H,9,11)(H,12,13)/t5-/m1/s1. The van der Waals surface area contributed by atoms with Crippen molar-refractivity contribution in [2.24, 2.45) is 0 Å².